The van der Waals surface area contributed by atoms with Crippen LogP contribution in [0, 0.1) is 11.3 Å². The minimum Gasteiger partial charge on any atom is -0.542 e. The number of hydrogen-bond acceptors (Lipinski definition) is 3. The molecule has 7 heteroatoms. The van der Waals surface area contributed by atoms with Gasteiger partial charge in [0.1, 0.15) is 12.0 Å². The Balaban J connectivity index is 0.000000241. The third-order valence-electron chi connectivity index (χ3n) is 1.62. The molecule has 0 radical (unpaired) electrons. The second-order valence-electron chi connectivity index (χ2n) is 2.72. The molecular weight excluding hydrogens is 201 g/mol. The van der Waals surface area contributed by atoms with Crippen LogP contribution in [0.15, 0.2) is 0 Å². The molecule has 1 N–H and O–H groups in total. The average Bonchev–Trinajstić information content (AvgIpc) is 1.96. The first-order valence-corrected chi connectivity index (χ1v) is 3.86. The van der Waals surface area contributed by atoms with Gasteiger partial charge >= 0.3 is 6.18 Å². The minimum atomic E-state index is -5.19. The maximum absolute atomic E-state index is 10.5. The van der Waals surface area contributed by atoms with Gasteiger partial charge in [-0.2, -0.15) is 18.4 Å². The van der Waals surface area contributed by atoms with Crippen LogP contribution in [-0.2, 0) is 4.79 Å². The van der Waals surface area contributed by atoms with Crippen molar-refractivity contribution in [1.82, 2.24) is 0 Å². The third kappa shape index (κ3) is 5.37. The summed E-state index contributed by atoms with van der Waals surface area (Å²) in [5, 5.41) is 16.9. The van der Waals surface area contributed by atoms with E-state index in [1.807, 2.05) is 0 Å². The van der Waals surface area contributed by atoms with Crippen LogP contribution in [-0.4, -0.2) is 31.8 Å². The van der Waals surface area contributed by atoms with Crippen LogP contribution in [0.2, 0.25) is 0 Å². The van der Waals surface area contributed by atoms with E-state index in [9.17, 15) is 13.2 Å². The van der Waals surface area contributed by atoms with Crippen LogP contribution in [0.5, 0.6) is 0 Å². The number of likely N-dealkylation sites (tertiary alicyclic amines) is 1. The molecule has 0 atom stereocenters. The first-order chi connectivity index (χ1) is 6.38. The Hall–Kier alpha value is -1.29. The molecular formula is C7H9F3N2O2. The highest BCUT2D eigenvalue weighted by Gasteiger charge is 2.28. The molecule has 1 aliphatic heterocycles. The second kappa shape index (κ2) is 5.44. The van der Waals surface area contributed by atoms with Crippen molar-refractivity contribution in [3.63, 3.8) is 0 Å². The van der Waals surface area contributed by atoms with Crippen molar-refractivity contribution < 1.29 is 28.0 Å². The summed E-state index contributed by atoms with van der Waals surface area (Å²) in [6.45, 7) is 3.14. The topological polar surface area (TPSA) is 68.4 Å². The van der Waals surface area contributed by atoms with Gasteiger partial charge in [-0.25, -0.2) is 0 Å². The summed E-state index contributed by atoms with van der Waals surface area (Å²) in [6.07, 6.45) is -3.88. The lowest BCUT2D eigenvalue weighted by Gasteiger charge is -2.23. The lowest BCUT2D eigenvalue weighted by molar-refractivity contribution is -0.932. The van der Waals surface area contributed by atoms with Gasteiger partial charge in [-0.1, -0.05) is 0 Å². The number of aliphatic carboxylic acids is 1. The fraction of sp³-hybridized carbons (Fsp3) is 0.714. The standard InChI is InChI=1S/C5H8N2.C2HF3O2/c6-2-5-7-3-1-4-7;3-2(4,5)1(6)7/h1,3-5H2;(H,6,7). The van der Waals surface area contributed by atoms with E-state index in [1.54, 1.807) is 0 Å². The lowest BCUT2D eigenvalue weighted by atomic mass is 10.2. The molecule has 0 unspecified atom stereocenters. The quantitative estimate of drug-likeness (QED) is 0.514. The molecule has 0 spiro atoms. The molecule has 0 saturated carbocycles. The smallest absolute Gasteiger partial charge is 0.430 e. The van der Waals surface area contributed by atoms with Gasteiger partial charge < -0.3 is 14.8 Å². The Morgan fingerprint density at radius 3 is 2.00 bits per heavy atom. The van der Waals surface area contributed by atoms with Gasteiger partial charge in [0.25, 0.3) is 0 Å². The zero-order chi connectivity index (χ0) is 11.2. The number of rotatable bonds is 1. The molecule has 14 heavy (non-hydrogen) atoms. The number of carbonyl (C=O) groups is 1. The maximum atomic E-state index is 10.5. The number of quaternary nitrogens is 1. The van der Waals surface area contributed by atoms with E-state index in [2.05, 4.69) is 6.07 Å². The fourth-order valence-electron chi connectivity index (χ4n) is 0.715. The molecule has 0 aromatic heterocycles. The summed E-state index contributed by atoms with van der Waals surface area (Å²) < 4.78 is 31.5. The highest BCUT2D eigenvalue weighted by molar-refractivity contribution is 5.70. The van der Waals surface area contributed by atoms with E-state index in [0.29, 0.717) is 6.54 Å². The van der Waals surface area contributed by atoms with Gasteiger partial charge in [0.15, 0.2) is 6.54 Å². The number of nitrogens with zero attached hydrogens (tertiary/aromatic N) is 1. The first-order valence-electron chi connectivity index (χ1n) is 3.86. The van der Waals surface area contributed by atoms with Crippen LogP contribution >= 0.6 is 0 Å². The monoisotopic (exact) mass is 210 g/mol. The number of carboxylic acids is 1. The van der Waals surface area contributed by atoms with Gasteiger partial charge in [-0.05, 0) is 0 Å². The van der Waals surface area contributed by atoms with E-state index in [0.717, 1.165) is 0 Å². The summed E-state index contributed by atoms with van der Waals surface area (Å²) in [5.41, 5.74) is 0. The Morgan fingerprint density at radius 1 is 1.50 bits per heavy atom. The van der Waals surface area contributed by atoms with Crippen molar-refractivity contribution in [2.24, 2.45) is 0 Å². The maximum Gasteiger partial charge on any atom is 0.430 e. The van der Waals surface area contributed by atoms with Crippen molar-refractivity contribution in [3.05, 3.63) is 0 Å². The number of nitriles is 1. The summed E-state index contributed by atoms with van der Waals surface area (Å²) in [6, 6.07) is 2.13. The van der Waals surface area contributed by atoms with Crippen molar-refractivity contribution >= 4 is 5.97 Å². The summed E-state index contributed by atoms with van der Waals surface area (Å²) in [5.74, 6) is -3.01. The SMILES string of the molecule is N#CC[NH+]1CCC1.O=C([O-])C(F)(F)F. The molecule has 0 aliphatic carbocycles. The van der Waals surface area contributed by atoms with Gasteiger partial charge in [0.2, 0.25) is 0 Å². The molecule has 1 rings (SSSR count). The van der Waals surface area contributed by atoms with Gasteiger partial charge in [0.05, 0.1) is 13.1 Å². The van der Waals surface area contributed by atoms with E-state index >= 15 is 0 Å². The molecule has 4 nitrogen and oxygen atoms in total. The highest BCUT2D eigenvalue weighted by atomic mass is 19.4. The van der Waals surface area contributed by atoms with Crippen LogP contribution in [0.1, 0.15) is 6.42 Å². The molecule has 0 aromatic carbocycles. The predicted octanol–water partition coefficient (Wildman–Crippen LogP) is -1.90. The number of carboxylic acid groups (broad SMARTS) is 1. The second-order valence-corrected chi connectivity index (χ2v) is 2.72. The molecule has 1 aliphatic rings. The van der Waals surface area contributed by atoms with E-state index in [1.165, 1.54) is 24.4 Å². The average molecular weight is 210 g/mol. The van der Waals surface area contributed by atoms with Crippen molar-refractivity contribution in [3.8, 4) is 6.07 Å². The summed E-state index contributed by atoms with van der Waals surface area (Å²) in [7, 11) is 0. The zero-order valence-electron chi connectivity index (χ0n) is 7.23. The normalized spacial score (nSPS) is 15.9. The number of halogens is 3. The lowest BCUT2D eigenvalue weighted by Crippen LogP contribution is -3.17. The number of carbonyl (C=O) groups excluding carboxylic acids is 1. The fourth-order valence-corrected chi connectivity index (χ4v) is 0.715. The molecule has 0 bridgehead atoms. The van der Waals surface area contributed by atoms with Crippen LogP contribution < -0.4 is 10.0 Å². The summed E-state index contributed by atoms with van der Waals surface area (Å²) >= 11 is 0. The van der Waals surface area contributed by atoms with Crippen LogP contribution in [0.4, 0.5) is 13.2 Å². The molecule has 1 saturated heterocycles. The number of alkyl halides is 3. The predicted molar refractivity (Wildman–Crippen MR) is 36.9 cm³/mol. The molecule has 0 amide bonds. The Bertz CT molecular complexity index is 230. The zero-order valence-corrected chi connectivity index (χ0v) is 7.23. The highest BCUT2D eigenvalue weighted by Crippen LogP contribution is 2.11. The third-order valence-corrected chi connectivity index (χ3v) is 1.62. The first kappa shape index (κ1) is 12.7. The van der Waals surface area contributed by atoms with Crippen LogP contribution in [0.3, 0.4) is 0 Å². The number of nitrogens with one attached hydrogen (secondary N) is 1. The largest absolute Gasteiger partial charge is 0.542 e. The van der Waals surface area contributed by atoms with Gasteiger partial charge in [0, 0.05) is 6.42 Å². The van der Waals surface area contributed by atoms with Gasteiger partial charge in [-0.3, -0.25) is 0 Å². The van der Waals surface area contributed by atoms with E-state index < -0.39 is 12.1 Å². The van der Waals surface area contributed by atoms with Crippen molar-refractivity contribution in [1.29, 1.82) is 5.26 Å². The van der Waals surface area contributed by atoms with Crippen molar-refractivity contribution in [2.45, 2.75) is 12.6 Å². The minimum absolute atomic E-state index is 0.708. The molecule has 0 aromatic rings. The number of hydrogen-bond donors (Lipinski definition) is 1. The Labute approximate surface area is 78.5 Å². The Morgan fingerprint density at radius 2 is 1.93 bits per heavy atom. The molecule has 1 fully saturated rings. The molecule has 80 valence electrons. The van der Waals surface area contributed by atoms with E-state index in [-0.39, 0.29) is 0 Å². The van der Waals surface area contributed by atoms with E-state index in [4.69, 9.17) is 15.2 Å². The summed E-state index contributed by atoms with van der Waals surface area (Å²) in [4.78, 5) is 10.2. The van der Waals surface area contributed by atoms with Crippen molar-refractivity contribution in [2.75, 3.05) is 19.6 Å². The Kier molecular flexibility index (Phi) is 4.94. The van der Waals surface area contributed by atoms with Crippen LogP contribution in [0.25, 0.3) is 0 Å². The molecule has 1 heterocycles. The van der Waals surface area contributed by atoms with Gasteiger partial charge in [-0.15, -0.1) is 0 Å².